The number of ether oxygens (including phenoxy) is 5. The zero-order chi connectivity index (χ0) is 27.2. The number of carbonyl (C=O) groups excluding carboxylic acids is 2. The van der Waals surface area contributed by atoms with E-state index in [0.717, 1.165) is 13.8 Å². The lowest BCUT2D eigenvalue weighted by atomic mass is 9.95. The molecule has 17 heteroatoms. The quantitative estimate of drug-likeness (QED) is 0.109. The van der Waals surface area contributed by atoms with Gasteiger partial charge in [0.2, 0.25) is 5.91 Å². The lowest BCUT2D eigenvalue weighted by Gasteiger charge is -2.47. The molecule has 2 fully saturated rings. The van der Waals surface area contributed by atoms with Gasteiger partial charge in [0.15, 0.2) is 18.7 Å². The molecule has 2 heterocycles. The van der Waals surface area contributed by atoms with E-state index in [0.29, 0.717) is 6.42 Å². The Labute approximate surface area is 207 Å². The van der Waals surface area contributed by atoms with Gasteiger partial charge >= 0.3 is 16.4 Å². The maximum Gasteiger partial charge on any atom is 0.397 e. The standard InChI is InChI=1S/C19H33NO15S/c1-4-5-30-19-17(32-9(3)23)15(26)16(11(34-19)7-31-36(27,28)29)35-18-12(20-8(2)22)14(25)13(24)10(6-21)33-18/h10-19,21,24-26H,4-7H2,1-3H3,(H,20,22)(H,27,28,29)/t10-,11-,12-,13-,14-,15+,16-,17-,18+,19?/m1/s1. The Balaban J connectivity index is 2.40. The highest BCUT2D eigenvalue weighted by Gasteiger charge is 2.53. The molecule has 6 N–H and O–H groups in total. The van der Waals surface area contributed by atoms with Crippen LogP contribution in [0, 0.1) is 0 Å². The van der Waals surface area contributed by atoms with Crippen LogP contribution in [0.25, 0.3) is 0 Å². The van der Waals surface area contributed by atoms with Gasteiger partial charge in [0.1, 0.15) is 42.7 Å². The molecule has 10 atom stereocenters. The smallest absolute Gasteiger partial charge is 0.397 e. The van der Waals surface area contributed by atoms with Crippen LogP contribution >= 0.6 is 0 Å². The summed E-state index contributed by atoms with van der Waals surface area (Å²) in [6.45, 7) is 2.39. The van der Waals surface area contributed by atoms with Crippen molar-refractivity contribution < 1.29 is 70.9 Å². The molecule has 0 aromatic heterocycles. The molecule has 2 rings (SSSR count). The van der Waals surface area contributed by atoms with E-state index in [1.165, 1.54) is 0 Å². The van der Waals surface area contributed by atoms with Gasteiger partial charge in [0, 0.05) is 20.5 Å². The van der Waals surface area contributed by atoms with Crippen LogP contribution in [-0.2, 0) is 47.9 Å². The monoisotopic (exact) mass is 547 g/mol. The highest BCUT2D eigenvalue weighted by Crippen LogP contribution is 2.31. The molecule has 16 nitrogen and oxygen atoms in total. The van der Waals surface area contributed by atoms with Crippen LogP contribution in [0.15, 0.2) is 0 Å². The first-order valence-electron chi connectivity index (χ1n) is 11.1. The van der Waals surface area contributed by atoms with Gasteiger partial charge in [-0.2, -0.15) is 8.42 Å². The van der Waals surface area contributed by atoms with E-state index in [9.17, 15) is 38.4 Å². The van der Waals surface area contributed by atoms with Crippen LogP contribution in [0.2, 0.25) is 0 Å². The fourth-order valence-electron chi connectivity index (χ4n) is 3.78. The van der Waals surface area contributed by atoms with E-state index < -0.39 is 96.8 Å². The first-order chi connectivity index (χ1) is 16.8. The SMILES string of the molecule is CCCOC1O[C@H](COS(=O)(=O)O)[C@@H](O[C@@H]2O[C@H](CO)[C@@H](O)[C@H](O)[C@H]2NC(C)=O)[C@H](O)[C@H]1OC(C)=O. The summed E-state index contributed by atoms with van der Waals surface area (Å²) in [5.74, 6) is -1.47. The molecule has 1 unspecified atom stereocenters. The summed E-state index contributed by atoms with van der Waals surface area (Å²) in [6, 6.07) is -1.42. The summed E-state index contributed by atoms with van der Waals surface area (Å²) < 4.78 is 63.2. The number of aliphatic hydroxyl groups is 4. The zero-order valence-corrected chi connectivity index (χ0v) is 20.6. The van der Waals surface area contributed by atoms with Crippen molar-refractivity contribution in [3.8, 4) is 0 Å². The number of amides is 1. The Morgan fingerprint density at radius 1 is 0.972 bits per heavy atom. The van der Waals surface area contributed by atoms with Crippen molar-refractivity contribution in [1.29, 1.82) is 0 Å². The molecule has 2 saturated heterocycles. The summed E-state index contributed by atoms with van der Waals surface area (Å²) in [5, 5.41) is 43.6. The molecule has 0 saturated carbocycles. The van der Waals surface area contributed by atoms with Gasteiger partial charge in [-0.25, -0.2) is 4.18 Å². The van der Waals surface area contributed by atoms with E-state index in [4.69, 9.17) is 28.2 Å². The van der Waals surface area contributed by atoms with Gasteiger partial charge in [-0.15, -0.1) is 0 Å². The predicted octanol–water partition coefficient (Wildman–Crippen LogP) is -3.42. The predicted molar refractivity (Wildman–Crippen MR) is 114 cm³/mol. The van der Waals surface area contributed by atoms with Crippen molar-refractivity contribution in [2.24, 2.45) is 0 Å². The van der Waals surface area contributed by atoms with E-state index in [1.807, 2.05) is 0 Å². The fraction of sp³-hybridized carbons (Fsp3) is 0.895. The van der Waals surface area contributed by atoms with Crippen LogP contribution in [0.5, 0.6) is 0 Å². The minimum atomic E-state index is -4.96. The second kappa shape index (κ2) is 13.3. The molecule has 0 aromatic carbocycles. The van der Waals surface area contributed by atoms with Crippen molar-refractivity contribution in [3.05, 3.63) is 0 Å². The molecule has 0 spiro atoms. The van der Waals surface area contributed by atoms with Crippen molar-refractivity contribution in [2.75, 3.05) is 19.8 Å². The molecule has 2 aliphatic heterocycles. The Bertz CT molecular complexity index is 841. The molecule has 0 aliphatic carbocycles. The Morgan fingerprint density at radius 2 is 1.61 bits per heavy atom. The normalized spacial score (nSPS) is 37.3. The third kappa shape index (κ3) is 8.25. The third-order valence-corrected chi connectivity index (χ3v) is 5.76. The molecule has 2 aliphatic rings. The van der Waals surface area contributed by atoms with Gasteiger partial charge in [0.05, 0.1) is 13.2 Å². The number of hydrogen-bond donors (Lipinski definition) is 6. The number of carbonyl (C=O) groups is 2. The Morgan fingerprint density at radius 3 is 2.14 bits per heavy atom. The van der Waals surface area contributed by atoms with Gasteiger partial charge in [0.25, 0.3) is 0 Å². The summed E-state index contributed by atoms with van der Waals surface area (Å²) in [6.07, 6.45) is -13.6. The molecule has 36 heavy (non-hydrogen) atoms. The summed E-state index contributed by atoms with van der Waals surface area (Å²) >= 11 is 0. The summed E-state index contributed by atoms with van der Waals surface area (Å²) in [5.41, 5.74) is 0. The van der Waals surface area contributed by atoms with Crippen molar-refractivity contribution >= 4 is 22.3 Å². The van der Waals surface area contributed by atoms with Gasteiger partial charge < -0.3 is 49.4 Å². The maximum atomic E-state index is 11.7. The van der Waals surface area contributed by atoms with Gasteiger partial charge in [-0.1, -0.05) is 6.92 Å². The summed E-state index contributed by atoms with van der Waals surface area (Å²) in [7, 11) is -4.96. The van der Waals surface area contributed by atoms with E-state index in [-0.39, 0.29) is 6.61 Å². The van der Waals surface area contributed by atoms with E-state index >= 15 is 0 Å². The van der Waals surface area contributed by atoms with E-state index in [1.54, 1.807) is 6.92 Å². The van der Waals surface area contributed by atoms with Crippen LogP contribution < -0.4 is 5.32 Å². The number of esters is 1. The molecular formula is C19H33NO15S. The zero-order valence-electron chi connectivity index (χ0n) is 19.8. The molecule has 210 valence electrons. The number of rotatable bonds is 11. The van der Waals surface area contributed by atoms with Crippen molar-refractivity contribution in [3.63, 3.8) is 0 Å². The van der Waals surface area contributed by atoms with E-state index in [2.05, 4.69) is 9.50 Å². The first kappa shape index (κ1) is 30.7. The average molecular weight is 548 g/mol. The maximum absolute atomic E-state index is 11.7. The average Bonchev–Trinajstić information content (AvgIpc) is 2.78. The van der Waals surface area contributed by atoms with Crippen LogP contribution in [0.1, 0.15) is 27.2 Å². The third-order valence-electron chi connectivity index (χ3n) is 5.33. The second-order valence-corrected chi connectivity index (χ2v) is 9.32. The van der Waals surface area contributed by atoms with Crippen LogP contribution in [-0.4, -0.2) is 126 Å². The first-order valence-corrected chi connectivity index (χ1v) is 12.4. The fourth-order valence-corrected chi connectivity index (χ4v) is 4.08. The van der Waals surface area contributed by atoms with Crippen LogP contribution in [0.4, 0.5) is 0 Å². The van der Waals surface area contributed by atoms with Gasteiger partial charge in [-0.3, -0.25) is 14.1 Å². The Hall–Kier alpha value is -1.51. The molecule has 0 bridgehead atoms. The molecule has 0 radical (unpaired) electrons. The van der Waals surface area contributed by atoms with Crippen molar-refractivity contribution in [1.82, 2.24) is 5.32 Å². The Kier molecular flexibility index (Phi) is 11.4. The number of aliphatic hydroxyl groups excluding tert-OH is 4. The highest BCUT2D eigenvalue weighted by molar-refractivity contribution is 7.80. The largest absolute Gasteiger partial charge is 0.454 e. The number of nitrogens with one attached hydrogen (secondary N) is 1. The van der Waals surface area contributed by atoms with Gasteiger partial charge in [-0.05, 0) is 6.42 Å². The van der Waals surface area contributed by atoms with Crippen molar-refractivity contribution in [2.45, 2.75) is 88.5 Å². The summed E-state index contributed by atoms with van der Waals surface area (Å²) in [4.78, 5) is 23.3. The lowest BCUT2D eigenvalue weighted by Crippen LogP contribution is -2.68. The number of hydrogen-bond acceptors (Lipinski definition) is 14. The topological polar surface area (TPSA) is 237 Å². The van der Waals surface area contributed by atoms with Crippen LogP contribution in [0.3, 0.4) is 0 Å². The molecule has 1 amide bonds. The molecular weight excluding hydrogens is 514 g/mol. The second-order valence-electron chi connectivity index (χ2n) is 8.22. The minimum Gasteiger partial charge on any atom is -0.454 e. The lowest BCUT2D eigenvalue weighted by molar-refractivity contribution is -0.347. The highest BCUT2D eigenvalue weighted by atomic mass is 32.3. The minimum absolute atomic E-state index is 0.102. The molecule has 0 aromatic rings.